The van der Waals surface area contributed by atoms with Gasteiger partial charge in [-0.2, -0.15) is 0 Å². The van der Waals surface area contributed by atoms with E-state index in [4.69, 9.17) is 4.99 Å². The van der Waals surface area contributed by atoms with E-state index in [9.17, 15) is 0 Å². The van der Waals surface area contributed by atoms with Gasteiger partial charge in [-0.05, 0) is 53.1 Å². The summed E-state index contributed by atoms with van der Waals surface area (Å²) in [5, 5.41) is 15.3. The van der Waals surface area contributed by atoms with E-state index >= 15 is 0 Å². The van der Waals surface area contributed by atoms with Gasteiger partial charge >= 0.3 is 0 Å². The Morgan fingerprint density at radius 2 is 1.16 bits per heavy atom. The minimum atomic E-state index is -0.185. The quantitative estimate of drug-likeness (QED) is 0.183. The lowest BCUT2D eigenvalue weighted by molar-refractivity contribution is 0.411. The van der Waals surface area contributed by atoms with E-state index in [0.717, 1.165) is 17.0 Å². The van der Waals surface area contributed by atoms with Crippen molar-refractivity contribution >= 4 is 90.7 Å². The van der Waals surface area contributed by atoms with Gasteiger partial charge < -0.3 is 9.88 Å². The van der Waals surface area contributed by atoms with E-state index in [1.807, 2.05) is 22.7 Å². The van der Waals surface area contributed by atoms with Gasteiger partial charge in [0, 0.05) is 57.5 Å². The van der Waals surface area contributed by atoms with Gasteiger partial charge in [0.15, 0.2) is 0 Å². The Morgan fingerprint density at radius 3 is 1.96 bits per heavy atom. The molecule has 2 unspecified atom stereocenters. The van der Waals surface area contributed by atoms with Gasteiger partial charge in [-0.3, -0.25) is 5.32 Å². The van der Waals surface area contributed by atoms with Crippen LogP contribution in [0.4, 0.5) is 0 Å². The van der Waals surface area contributed by atoms with E-state index in [1.165, 1.54) is 84.5 Å². The molecule has 1 aliphatic heterocycles. The van der Waals surface area contributed by atoms with Crippen LogP contribution >= 0.6 is 22.7 Å². The van der Waals surface area contributed by atoms with Gasteiger partial charge in [0.1, 0.15) is 18.2 Å². The number of thiophene rings is 2. The van der Waals surface area contributed by atoms with Crippen LogP contribution in [0.5, 0.6) is 0 Å². The molecule has 0 fully saturated rings. The molecule has 270 valence electrons. The molecule has 1 aliphatic rings. The largest absolute Gasteiger partial charge is 0.350 e. The number of aliphatic imine (C=N–C) groups is 1. The molecule has 6 heteroatoms. The van der Waals surface area contributed by atoms with Crippen molar-refractivity contribution in [3.63, 3.8) is 0 Å². The second-order valence-electron chi connectivity index (χ2n) is 14.7. The first-order valence-electron chi connectivity index (χ1n) is 19.4. The molecule has 3 aromatic heterocycles. The molecule has 0 aliphatic carbocycles. The highest BCUT2D eigenvalue weighted by atomic mass is 32.1. The highest BCUT2D eigenvalue weighted by Crippen LogP contribution is 2.46. The standard InChI is InChI=1S/C51H34N4S2/c1-3-14-31(15-4-1)49-52-50(32-16-5-2-6-17-32)54-51(53-49)39-23-11-22-38-46-34(20-13-27-45(46)57-47(38)39)33-28-29-44-40(30-33)37-21-12-26-43(48(37)56-44)55-41-24-9-7-18-35(41)36-19-8-10-25-42(36)55/h1-30,49,51,53H,(H,52,54). The summed E-state index contributed by atoms with van der Waals surface area (Å²) in [5.74, 6) is 0.893. The summed E-state index contributed by atoms with van der Waals surface area (Å²) in [6.45, 7) is 0. The Balaban J connectivity index is 0.991. The molecule has 2 atom stereocenters. The molecule has 0 bridgehead atoms. The van der Waals surface area contributed by atoms with Crippen molar-refractivity contribution in [1.82, 2.24) is 15.2 Å². The smallest absolute Gasteiger partial charge is 0.131 e. The molecule has 0 spiro atoms. The number of nitrogens with one attached hydrogen (secondary N) is 2. The van der Waals surface area contributed by atoms with E-state index < -0.39 is 0 Å². The minimum Gasteiger partial charge on any atom is -0.350 e. The van der Waals surface area contributed by atoms with Gasteiger partial charge in [0.05, 0.1) is 21.4 Å². The van der Waals surface area contributed by atoms with E-state index in [-0.39, 0.29) is 12.3 Å². The minimum absolute atomic E-state index is 0.139. The third kappa shape index (κ3) is 5.19. The Labute approximate surface area is 337 Å². The fraction of sp³-hybridized carbons (Fsp3) is 0.0392. The maximum Gasteiger partial charge on any atom is 0.131 e. The summed E-state index contributed by atoms with van der Waals surface area (Å²) in [6, 6.07) is 65.9. The number of hydrogen-bond donors (Lipinski definition) is 2. The van der Waals surface area contributed by atoms with Crippen molar-refractivity contribution in [3.05, 3.63) is 199 Å². The number of amidine groups is 1. The first-order chi connectivity index (χ1) is 28.3. The van der Waals surface area contributed by atoms with Crippen LogP contribution in [-0.2, 0) is 0 Å². The summed E-state index contributed by atoms with van der Waals surface area (Å²) >= 11 is 3.76. The Morgan fingerprint density at radius 1 is 0.491 bits per heavy atom. The molecule has 11 aromatic rings. The van der Waals surface area contributed by atoms with E-state index in [1.54, 1.807) is 0 Å². The summed E-state index contributed by atoms with van der Waals surface area (Å²) in [6.07, 6.45) is -0.323. The van der Waals surface area contributed by atoms with E-state index in [2.05, 4.69) is 197 Å². The first kappa shape index (κ1) is 32.7. The van der Waals surface area contributed by atoms with Crippen LogP contribution in [0.15, 0.2) is 187 Å². The van der Waals surface area contributed by atoms with Gasteiger partial charge in [-0.15, -0.1) is 22.7 Å². The zero-order chi connectivity index (χ0) is 37.5. The second-order valence-corrected chi connectivity index (χ2v) is 16.8. The van der Waals surface area contributed by atoms with Crippen LogP contribution < -0.4 is 10.6 Å². The van der Waals surface area contributed by atoms with Crippen LogP contribution in [-0.4, -0.2) is 10.4 Å². The highest BCUT2D eigenvalue weighted by molar-refractivity contribution is 7.26. The predicted molar refractivity (Wildman–Crippen MR) is 243 cm³/mol. The van der Waals surface area contributed by atoms with Gasteiger partial charge in [-0.25, -0.2) is 4.99 Å². The molecule has 0 saturated heterocycles. The molecule has 0 radical (unpaired) electrons. The first-order valence-corrected chi connectivity index (χ1v) is 21.0. The number of rotatable bonds is 5. The molecule has 4 heterocycles. The second kappa shape index (κ2) is 13.0. The number of benzene rings is 8. The van der Waals surface area contributed by atoms with Crippen molar-refractivity contribution in [2.24, 2.45) is 4.99 Å². The monoisotopic (exact) mass is 766 g/mol. The zero-order valence-corrected chi connectivity index (χ0v) is 32.3. The fourth-order valence-corrected chi connectivity index (χ4v) is 11.4. The average Bonchev–Trinajstić information content (AvgIpc) is 3.96. The molecule has 57 heavy (non-hydrogen) atoms. The third-order valence-corrected chi connectivity index (χ3v) is 13.9. The van der Waals surface area contributed by atoms with Crippen molar-refractivity contribution < 1.29 is 0 Å². The lowest BCUT2D eigenvalue weighted by Gasteiger charge is -2.32. The number of nitrogens with zero attached hydrogens (tertiary/aromatic N) is 2. The van der Waals surface area contributed by atoms with Gasteiger partial charge in [-0.1, -0.05) is 146 Å². The Bertz CT molecular complexity index is 3320. The van der Waals surface area contributed by atoms with Crippen LogP contribution in [0, 0.1) is 0 Å². The van der Waals surface area contributed by atoms with E-state index in [0.29, 0.717) is 0 Å². The number of aromatic nitrogens is 1. The normalized spacial score (nSPS) is 15.9. The number of para-hydroxylation sites is 2. The SMILES string of the molecule is c1ccc(C2=NC(c3ccccc3)NC(c3cccc4c3sc3cccc(-c5ccc6sc7c(-n8c9ccccc9c9ccccc98)cccc7c6c5)c34)N2)cc1. The zero-order valence-electron chi connectivity index (χ0n) is 30.7. The maximum absolute atomic E-state index is 5.16. The lowest BCUT2D eigenvalue weighted by atomic mass is 9.97. The summed E-state index contributed by atoms with van der Waals surface area (Å²) < 4.78 is 7.62. The Kier molecular flexibility index (Phi) is 7.45. The molecule has 4 nitrogen and oxygen atoms in total. The molecular weight excluding hydrogens is 733 g/mol. The third-order valence-electron chi connectivity index (χ3n) is 11.5. The molecular formula is C51H34N4S2. The van der Waals surface area contributed by atoms with Crippen molar-refractivity contribution in [3.8, 4) is 16.8 Å². The van der Waals surface area contributed by atoms with Crippen molar-refractivity contribution in [1.29, 1.82) is 0 Å². The molecule has 2 N–H and O–H groups in total. The predicted octanol–water partition coefficient (Wildman–Crippen LogP) is 13.5. The summed E-state index contributed by atoms with van der Waals surface area (Å²) in [4.78, 5) is 5.16. The van der Waals surface area contributed by atoms with Gasteiger partial charge in [0.2, 0.25) is 0 Å². The number of hydrogen-bond acceptors (Lipinski definition) is 5. The van der Waals surface area contributed by atoms with Crippen molar-refractivity contribution in [2.75, 3.05) is 0 Å². The molecule has 12 rings (SSSR count). The fourth-order valence-electron chi connectivity index (χ4n) is 8.91. The molecule has 0 amide bonds. The maximum atomic E-state index is 5.16. The molecule has 8 aromatic carbocycles. The van der Waals surface area contributed by atoms with Crippen LogP contribution in [0.1, 0.15) is 29.0 Å². The summed E-state index contributed by atoms with van der Waals surface area (Å²) in [5.41, 5.74) is 9.63. The van der Waals surface area contributed by atoms with Crippen LogP contribution in [0.3, 0.4) is 0 Å². The number of fused-ring (bicyclic) bond motifs is 9. The van der Waals surface area contributed by atoms with Crippen LogP contribution in [0.2, 0.25) is 0 Å². The van der Waals surface area contributed by atoms with Crippen molar-refractivity contribution in [2.45, 2.75) is 12.3 Å². The lowest BCUT2D eigenvalue weighted by Crippen LogP contribution is -2.45. The summed E-state index contributed by atoms with van der Waals surface area (Å²) in [7, 11) is 0. The topological polar surface area (TPSA) is 41.4 Å². The Hall–Kier alpha value is -6.57. The van der Waals surface area contributed by atoms with Gasteiger partial charge in [0.25, 0.3) is 0 Å². The van der Waals surface area contributed by atoms with Crippen LogP contribution in [0.25, 0.3) is 79.0 Å². The molecule has 0 saturated carbocycles. The average molecular weight is 767 g/mol. The highest BCUT2D eigenvalue weighted by Gasteiger charge is 2.28.